The Balaban J connectivity index is 1.45. The third-order valence-electron chi connectivity index (χ3n) is 10.1. The Labute approximate surface area is 310 Å². The van der Waals surface area contributed by atoms with E-state index in [1.807, 2.05) is 27.7 Å². The third kappa shape index (κ3) is 9.18. The molecule has 1 aromatic rings. The Morgan fingerprint density at radius 1 is 1.04 bits per heavy atom. The summed E-state index contributed by atoms with van der Waals surface area (Å²) < 4.78 is 16.4. The van der Waals surface area contributed by atoms with Gasteiger partial charge in [-0.15, -0.1) is 0 Å². The van der Waals surface area contributed by atoms with Gasteiger partial charge in [-0.3, -0.25) is 34.3 Å². The first-order chi connectivity index (χ1) is 24.7. The van der Waals surface area contributed by atoms with Crippen molar-refractivity contribution in [3.05, 3.63) is 28.8 Å². The van der Waals surface area contributed by atoms with Gasteiger partial charge in [-0.05, 0) is 55.6 Å². The van der Waals surface area contributed by atoms with Crippen LogP contribution in [-0.2, 0) is 33.5 Å². The van der Waals surface area contributed by atoms with Crippen molar-refractivity contribution in [2.45, 2.75) is 109 Å². The number of benzene rings is 1. The van der Waals surface area contributed by atoms with Crippen LogP contribution < -0.4 is 30.9 Å². The van der Waals surface area contributed by atoms with Crippen LogP contribution in [0.3, 0.4) is 0 Å². The van der Waals surface area contributed by atoms with Gasteiger partial charge in [-0.2, -0.15) is 0 Å². The maximum Gasteiger partial charge on any atom is 0.289 e. The second-order valence-corrected chi connectivity index (χ2v) is 15.7. The number of ketones is 1. The summed E-state index contributed by atoms with van der Waals surface area (Å²) in [6.45, 7) is 8.54. The van der Waals surface area contributed by atoms with Crippen molar-refractivity contribution >= 4 is 46.7 Å². The first-order valence-corrected chi connectivity index (χ1v) is 18.5. The monoisotopic (exact) mass is 745 g/mol. The fraction of sp³-hybridized carbons (Fsp3) is 0.649. The molecule has 52 heavy (non-hydrogen) atoms. The van der Waals surface area contributed by atoms with Crippen molar-refractivity contribution in [3.63, 3.8) is 0 Å². The maximum atomic E-state index is 14.7. The topological polar surface area (TPSA) is 174 Å². The molecule has 15 heteroatoms. The Bertz CT molecular complexity index is 1570. The van der Waals surface area contributed by atoms with E-state index in [0.717, 1.165) is 25.7 Å². The van der Waals surface area contributed by atoms with Gasteiger partial charge in [0, 0.05) is 43.7 Å². The molecular formula is C37H52ClN5O9. The summed E-state index contributed by atoms with van der Waals surface area (Å²) in [7, 11) is 3.01. The van der Waals surface area contributed by atoms with Crippen LogP contribution in [-0.4, -0.2) is 98.1 Å². The van der Waals surface area contributed by atoms with E-state index in [-0.39, 0.29) is 43.7 Å². The van der Waals surface area contributed by atoms with Gasteiger partial charge in [-0.1, -0.05) is 45.7 Å². The van der Waals surface area contributed by atoms with Crippen LogP contribution in [0.2, 0.25) is 5.02 Å². The minimum Gasteiger partial charge on any atom is -0.496 e. The number of carbonyl (C=O) groups excluding carboxylic acids is 5. The minimum absolute atomic E-state index is 0.0153. The van der Waals surface area contributed by atoms with Crippen LogP contribution in [0.4, 0.5) is 0 Å². The molecule has 286 valence electrons. The highest BCUT2D eigenvalue weighted by atomic mass is 35.5. The summed E-state index contributed by atoms with van der Waals surface area (Å²) in [6, 6.07) is 0.109. The van der Waals surface area contributed by atoms with E-state index in [1.165, 1.54) is 19.1 Å². The summed E-state index contributed by atoms with van der Waals surface area (Å²) in [5.41, 5.74) is 2.10. The third-order valence-corrected chi connectivity index (χ3v) is 10.3. The molecule has 0 bridgehead atoms. The van der Waals surface area contributed by atoms with Crippen molar-refractivity contribution in [1.29, 1.82) is 0 Å². The van der Waals surface area contributed by atoms with Gasteiger partial charge >= 0.3 is 0 Å². The molecule has 0 unspecified atom stereocenters. The Morgan fingerprint density at radius 3 is 2.35 bits per heavy atom. The second-order valence-electron chi connectivity index (χ2n) is 15.3. The summed E-state index contributed by atoms with van der Waals surface area (Å²) in [5, 5.41) is 8.81. The molecule has 0 radical (unpaired) electrons. The zero-order valence-corrected chi connectivity index (χ0v) is 31.7. The fourth-order valence-electron chi connectivity index (χ4n) is 6.94. The number of Topliss-reactive ketones (excluding diaryl/α,β-unsaturated/α-hetero) is 1. The summed E-state index contributed by atoms with van der Waals surface area (Å²) in [4.78, 5) is 75.8. The van der Waals surface area contributed by atoms with Crippen LogP contribution in [0.15, 0.2) is 18.2 Å². The highest BCUT2D eigenvalue weighted by Gasteiger charge is 2.54. The molecule has 3 heterocycles. The molecule has 3 aliphatic heterocycles. The number of rotatable bonds is 14. The van der Waals surface area contributed by atoms with E-state index in [1.54, 1.807) is 18.2 Å². The zero-order chi connectivity index (χ0) is 37.8. The standard InChI is InChI=1S/C37H52ClN5O9/c1-7-8-25(31(45)34(47)39-22-9-10-22)40-33(46)27-19-37(18-26(42-52-37)23-16-24(38)29(50-6)17-28(23)49-5)20-43(27)35(48)32(36(2,3)4)41-30(44)15-21-11-13-51-14-12-21/h16-18,21-22,25,27,32,42H,7-15,19-20H2,1-6H3,(H,39,47)(H,40,46)(H,41,44)/t25-,27-,32+,37+/m0/s1. The highest BCUT2D eigenvalue weighted by molar-refractivity contribution is 6.38. The van der Waals surface area contributed by atoms with Gasteiger partial charge in [0.1, 0.15) is 29.2 Å². The number of hydroxylamine groups is 1. The molecule has 1 aromatic carbocycles. The number of likely N-dealkylation sites (tertiary alicyclic amines) is 1. The number of ether oxygens (including phenoxy) is 3. The summed E-state index contributed by atoms with van der Waals surface area (Å²) in [6.07, 6.45) is 5.97. The van der Waals surface area contributed by atoms with Crippen LogP contribution in [0.1, 0.15) is 84.6 Å². The maximum absolute atomic E-state index is 14.7. The molecule has 2 saturated heterocycles. The van der Waals surface area contributed by atoms with Crippen molar-refractivity contribution in [2.24, 2.45) is 11.3 Å². The van der Waals surface area contributed by atoms with E-state index in [2.05, 4.69) is 21.4 Å². The van der Waals surface area contributed by atoms with Gasteiger partial charge in [0.05, 0.1) is 37.5 Å². The van der Waals surface area contributed by atoms with Gasteiger partial charge in [0.25, 0.3) is 5.91 Å². The first-order valence-electron chi connectivity index (χ1n) is 18.1. The lowest BCUT2D eigenvalue weighted by atomic mass is 9.85. The lowest BCUT2D eigenvalue weighted by Gasteiger charge is -2.36. The molecule has 4 N–H and O–H groups in total. The van der Waals surface area contributed by atoms with E-state index < -0.39 is 52.6 Å². The van der Waals surface area contributed by atoms with Gasteiger partial charge in [0.2, 0.25) is 23.5 Å². The quantitative estimate of drug-likeness (QED) is 0.207. The summed E-state index contributed by atoms with van der Waals surface area (Å²) >= 11 is 6.47. The fourth-order valence-corrected chi connectivity index (χ4v) is 7.18. The van der Waals surface area contributed by atoms with Crippen molar-refractivity contribution in [1.82, 2.24) is 26.3 Å². The molecule has 0 aromatic heterocycles. The number of hydrogen-bond acceptors (Lipinski definition) is 10. The second kappa shape index (κ2) is 16.4. The molecular weight excluding hydrogens is 694 g/mol. The van der Waals surface area contributed by atoms with Crippen molar-refractivity contribution < 1.29 is 43.0 Å². The van der Waals surface area contributed by atoms with Crippen molar-refractivity contribution in [3.8, 4) is 11.5 Å². The SMILES string of the molecule is CCC[C@H](NC(=O)[C@@H]1C[C@]2(C=C(c3cc(Cl)c(OC)cc3OC)NO2)CN1C(=O)[C@@H](NC(=O)CC1CCOCC1)C(C)(C)C)C(=O)C(=O)NC1CC1. The van der Waals surface area contributed by atoms with E-state index in [4.69, 9.17) is 30.6 Å². The number of halogens is 1. The zero-order valence-electron chi connectivity index (χ0n) is 30.9. The largest absolute Gasteiger partial charge is 0.496 e. The Morgan fingerprint density at radius 2 is 1.73 bits per heavy atom. The lowest BCUT2D eigenvalue weighted by molar-refractivity contribution is -0.145. The van der Waals surface area contributed by atoms with Crippen LogP contribution in [0, 0.1) is 11.3 Å². The molecule has 4 amide bonds. The van der Waals surface area contributed by atoms with E-state index >= 15 is 0 Å². The number of amides is 4. The minimum atomic E-state index is -1.19. The van der Waals surface area contributed by atoms with Gasteiger partial charge in [-0.25, -0.2) is 0 Å². The van der Waals surface area contributed by atoms with E-state index in [9.17, 15) is 24.0 Å². The number of carbonyl (C=O) groups is 5. The average molecular weight is 746 g/mol. The van der Waals surface area contributed by atoms with E-state index in [0.29, 0.717) is 47.4 Å². The predicted octanol–water partition coefficient (Wildman–Crippen LogP) is 3.05. The summed E-state index contributed by atoms with van der Waals surface area (Å²) in [5.74, 6) is -1.78. The molecule has 14 nitrogen and oxygen atoms in total. The number of nitrogens with zero attached hydrogens (tertiary/aromatic N) is 1. The molecule has 4 aliphatic rings. The number of methoxy groups -OCH3 is 2. The highest BCUT2D eigenvalue weighted by Crippen LogP contribution is 2.42. The lowest BCUT2D eigenvalue weighted by Crippen LogP contribution is -2.59. The van der Waals surface area contributed by atoms with Crippen molar-refractivity contribution in [2.75, 3.05) is 34.0 Å². The number of nitrogens with one attached hydrogen (secondary N) is 4. The average Bonchev–Trinajstić information content (AvgIpc) is 3.71. The van der Waals surface area contributed by atoms with Crippen LogP contribution in [0.5, 0.6) is 11.5 Å². The molecule has 1 spiro atoms. The first kappa shape index (κ1) is 39.3. The molecule has 1 aliphatic carbocycles. The molecule has 5 rings (SSSR count). The molecule has 1 saturated carbocycles. The van der Waals surface area contributed by atoms with Gasteiger partial charge < -0.3 is 35.1 Å². The van der Waals surface area contributed by atoms with Crippen LogP contribution >= 0.6 is 11.6 Å². The van der Waals surface area contributed by atoms with Gasteiger partial charge in [0.15, 0.2) is 0 Å². The smallest absolute Gasteiger partial charge is 0.289 e. The number of hydrogen-bond donors (Lipinski definition) is 4. The van der Waals surface area contributed by atoms with Crippen LogP contribution in [0.25, 0.3) is 5.70 Å². The normalized spacial score (nSPS) is 22.9. The molecule has 4 atom stereocenters. The Kier molecular flexibility index (Phi) is 12.4. The predicted molar refractivity (Wildman–Crippen MR) is 192 cm³/mol. The Hall–Kier alpha value is -3.88. The molecule has 3 fully saturated rings.